The molecule has 41 heavy (non-hydrogen) atoms. The summed E-state index contributed by atoms with van der Waals surface area (Å²) in [7, 11) is 0. The molecule has 0 bridgehead atoms. The zero-order valence-electron chi connectivity index (χ0n) is 26.4. The molecule has 1 aromatic rings. The Labute approximate surface area is 245 Å². The summed E-state index contributed by atoms with van der Waals surface area (Å²) in [5, 5.41) is 11.0. The number of allylic oxidation sites excluding steroid dienone is 1. The summed E-state index contributed by atoms with van der Waals surface area (Å²) in [4.78, 5) is 25.7. The third kappa shape index (κ3) is 3.83. The molecule has 0 aliphatic heterocycles. The number of rotatable bonds is 4. The summed E-state index contributed by atoms with van der Waals surface area (Å²) in [5.41, 5.74) is 1.16. The van der Waals surface area contributed by atoms with Crippen LogP contribution in [0.4, 0.5) is 0 Å². The van der Waals surface area contributed by atoms with Crippen LogP contribution in [0.3, 0.4) is 0 Å². The lowest BCUT2D eigenvalue weighted by Gasteiger charge is -2.72. The zero-order valence-corrected chi connectivity index (χ0v) is 26.4. The van der Waals surface area contributed by atoms with Gasteiger partial charge in [0.25, 0.3) is 0 Å². The molecule has 5 aliphatic carbocycles. The second kappa shape index (κ2) is 9.34. The van der Waals surface area contributed by atoms with Gasteiger partial charge in [0.1, 0.15) is 0 Å². The van der Waals surface area contributed by atoms with Crippen molar-refractivity contribution in [2.45, 2.75) is 125 Å². The van der Waals surface area contributed by atoms with Crippen LogP contribution in [0.1, 0.15) is 117 Å². The van der Waals surface area contributed by atoms with Gasteiger partial charge in [0.15, 0.2) is 18.1 Å². The summed E-state index contributed by atoms with van der Waals surface area (Å²) in [5.74, 6) is 1.90. The Balaban J connectivity index is 1.34. The Morgan fingerprint density at radius 3 is 2.32 bits per heavy atom. The molecule has 5 saturated carbocycles. The van der Waals surface area contributed by atoms with Gasteiger partial charge in [-0.05, 0) is 129 Å². The maximum absolute atomic E-state index is 14.1. The van der Waals surface area contributed by atoms with Gasteiger partial charge in [0.05, 0.1) is 11.5 Å². The van der Waals surface area contributed by atoms with Crippen molar-refractivity contribution in [1.82, 2.24) is 0 Å². The van der Waals surface area contributed by atoms with Gasteiger partial charge >= 0.3 is 11.8 Å². The molecule has 1 heterocycles. The van der Waals surface area contributed by atoms with Gasteiger partial charge in [0.2, 0.25) is 0 Å². The monoisotopic (exact) mass is 568 g/mol. The lowest BCUT2D eigenvalue weighted by molar-refractivity contribution is -0.248. The molecule has 0 spiro atoms. The number of fused-ring (bicyclic) bond motifs is 7. The van der Waals surface area contributed by atoms with Crippen LogP contribution in [-0.2, 0) is 16.1 Å². The number of esters is 1. The summed E-state index contributed by atoms with van der Waals surface area (Å²) >= 11 is 0. The standard InChI is InChI=1S/C35H52O6/c1-20(2)22-11-16-35(29(37)39-19-24-21(3)40-30(38)41-24)18-17-33(7)23(28(22)35)9-10-26-32(6)14-13-27(36)31(4,5)25(32)12-15-34(26,33)8/h22-23,25-28,36H,1,9-19H2,2-8H3/t22-,23+,25-,26+,27-,28+,32-,33+,34+,35-/m0/s1. The van der Waals surface area contributed by atoms with Crippen molar-refractivity contribution in [2.75, 3.05) is 0 Å². The van der Waals surface area contributed by atoms with Crippen LogP contribution in [0.25, 0.3) is 0 Å². The maximum atomic E-state index is 14.1. The average molecular weight is 569 g/mol. The van der Waals surface area contributed by atoms with Crippen LogP contribution in [-0.4, -0.2) is 17.2 Å². The third-order valence-electron chi connectivity index (χ3n) is 14.6. The van der Waals surface area contributed by atoms with Crippen LogP contribution >= 0.6 is 0 Å². The number of aryl methyl sites for hydroxylation is 1. The highest BCUT2D eigenvalue weighted by Crippen LogP contribution is 2.77. The number of ether oxygens (including phenoxy) is 1. The quantitative estimate of drug-likeness (QED) is 0.297. The smallest absolute Gasteiger partial charge is 0.457 e. The summed E-state index contributed by atoms with van der Waals surface area (Å²) < 4.78 is 16.1. The molecule has 1 N–H and O–H groups in total. The van der Waals surface area contributed by atoms with Crippen molar-refractivity contribution < 1.29 is 23.5 Å². The van der Waals surface area contributed by atoms with E-state index in [1.807, 2.05) is 0 Å². The highest BCUT2D eigenvalue weighted by molar-refractivity contribution is 5.78. The number of carbonyl (C=O) groups is 1. The normalized spacial score (nSPS) is 46.5. The summed E-state index contributed by atoms with van der Waals surface area (Å²) in [6.07, 6.45) is 10.2. The lowest BCUT2D eigenvalue weighted by Crippen LogP contribution is -2.67. The second-order valence-electron chi connectivity index (χ2n) is 16.2. The first kappa shape index (κ1) is 29.3. The van der Waals surface area contributed by atoms with E-state index in [9.17, 15) is 14.7 Å². The number of aliphatic hydroxyl groups is 1. The highest BCUT2D eigenvalue weighted by atomic mass is 16.6. The lowest BCUT2D eigenvalue weighted by atomic mass is 9.32. The molecule has 1 aromatic heterocycles. The molecular formula is C35H52O6. The second-order valence-corrected chi connectivity index (χ2v) is 16.2. The molecule has 5 fully saturated rings. The maximum Gasteiger partial charge on any atom is 0.519 e. The number of aliphatic hydroxyl groups excluding tert-OH is 1. The molecule has 0 radical (unpaired) electrons. The predicted octanol–water partition coefficient (Wildman–Crippen LogP) is 7.60. The van der Waals surface area contributed by atoms with Crippen molar-refractivity contribution in [3.8, 4) is 0 Å². The molecule has 228 valence electrons. The molecule has 10 atom stereocenters. The molecule has 6 rings (SSSR count). The highest BCUT2D eigenvalue weighted by Gasteiger charge is 2.72. The first-order valence-electron chi connectivity index (χ1n) is 16.2. The molecule has 0 saturated heterocycles. The van der Waals surface area contributed by atoms with E-state index in [2.05, 4.69) is 48.1 Å². The van der Waals surface area contributed by atoms with Gasteiger partial charge in [-0.3, -0.25) is 4.79 Å². The van der Waals surface area contributed by atoms with E-state index in [4.69, 9.17) is 13.6 Å². The minimum Gasteiger partial charge on any atom is -0.457 e. The number of hydrogen-bond acceptors (Lipinski definition) is 6. The van der Waals surface area contributed by atoms with Crippen LogP contribution in [0.2, 0.25) is 0 Å². The van der Waals surface area contributed by atoms with Gasteiger partial charge < -0.3 is 18.7 Å². The van der Waals surface area contributed by atoms with E-state index in [0.717, 1.165) is 44.9 Å². The summed E-state index contributed by atoms with van der Waals surface area (Å²) in [6.45, 7) is 20.5. The minimum absolute atomic E-state index is 0.0550. The first-order valence-corrected chi connectivity index (χ1v) is 16.2. The third-order valence-corrected chi connectivity index (χ3v) is 14.6. The van der Waals surface area contributed by atoms with Crippen LogP contribution in [0.15, 0.2) is 25.8 Å². The Morgan fingerprint density at radius 1 is 0.927 bits per heavy atom. The van der Waals surface area contributed by atoms with E-state index in [1.54, 1.807) is 6.92 Å². The van der Waals surface area contributed by atoms with Crippen LogP contribution < -0.4 is 5.82 Å². The zero-order chi connectivity index (χ0) is 29.8. The topological polar surface area (TPSA) is 89.9 Å². The van der Waals surface area contributed by atoms with E-state index in [-0.39, 0.29) is 46.3 Å². The Morgan fingerprint density at radius 2 is 1.66 bits per heavy atom. The molecular weight excluding hydrogens is 516 g/mol. The molecule has 0 aromatic carbocycles. The van der Waals surface area contributed by atoms with E-state index < -0.39 is 11.2 Å². The minimum atomic E-state index is -0.759. The van der Waals surface area contributed by atoms with Gasteiger partial charge in [-0.15, -0.1) is 0 Å². The fraction of sp³-hybridized carbons (Fsp3) is 0.829. The van der Waals surface area contributed by atoms with Gasteiger partial charge in [0, 0.05) is 0 Å². The fourth-order valence-electron chi connectivity index (χ4n) is 12.3. The van der Waals surface area contributed by atoms with Gasteiger partial charge in [-0.2, -0.15) is 0 Å². The van der Waals surface area contributed by atoms with E-state index in [1.165, 1.54) is 24.8 Å². The molecule has 6 nitrogen and oxygen atoms in total. The SMILES string of the molecule is C=C(C)[C@@H]1CC[C@]2(C(=O)OCc3oc(=O)oc3C)CC[C@]3(C)[C@H](CC[C@@H]4[C@@]5(C)CC[C@H](O)C(C)(C)[C@@H]5CC[C@]43C)[C@@H]12. The largest absolute Gasteiger partial charge is 0.519 e. The molecule has 0 unspecified atom stereocenters. The predicted molar refractivity (Wildman–Crippen MR) is 157 cm³/mol. The van der Waals surface area contributed by atoms with Crippen molar-refractivity contribution in [2.24, 2.45) is 56.7 Å². The first-order chi connectivity index (χ1) is 19.1. The molecule has 5 aliphatic rings. The Hall–Kier alpha value is -1.82. The van der Waals surface area contributed by atoms with Crippen molar-refractivity contribution >= 4 is 5.97 Å². The van der Waals surface area contributed by atoms with Gasteiger partial charge in [-0.1, -0.05) is 46.8 Å². The number of carbonyl (C=O) groups excluding carboxylic acids is 1. The van der Waals surface area contributed by atoms with Crippen LogP contribution in [0.5, 0.6) is 0 Å². The Bertz CT molecular complexity index is 1290. The van der Waals surface area contributed by atoms with E-state index >= 15 is 0 Å². The van der Waals surface area contributed by atoms with Crippen molar-refractivity contribution in [1.29, 1.82) is 0 Å². The van der Waals surface area contributed by atoms with Crippen molar-refractivity contribution in [3.63, 3.8) is 0 Å². The summed E-state index contributed by atoms with van der Waals surface area (Å²) in [6, 6.07) is 0. The molecule has 6 heteroatoms. The average Bonchev–Trinajstić information content (AvgIpc) is 3.45. The van der Waals surface area contributed by atoms with Crippen LogP contribution in [0, 0.1) is 63.6 Å². The fourth-order valence-corrected chi connectivity index (χ4v) is 12.3. The van der Waals surface area contributed by atoms with Gasteiger partial charge in [-0.25, -0.2) is 4.79 Å². The Kier molecular flexibility index (Phi) is 6.66. The van der Waals surface area contributed by atoms with E-state index in [0.29, 0.717) is 35.2 Å². The van der Waals surface area contributed by atoms with Crippen molar-refractivity contribution in [3.05, 3.63) is 34.3 Å². The molecule has 0 amide bonds. The number of hydrogen-bond donors (Lipinski definition) is 1.